The summed E-state index contributed by atoms with van der Waals surface area (Å²) in [4.78, 5) is 5.13. The van der Waals surface area contributed by atoms with Gasteiger partial charge in [-0.15, -0.1) is 11.8 Å². The molecule has 0 amide bonds. The van der Waals surface area contributed by atoms with Crippen LogP contribution in [0.1, 0.15) is 24.8 Å². The van der Waals surface area contributed by atoms with Gasteiger partial charge in [0, 0.05) is 16.5 Å². The summed E-state index contributed by atoms with van der Waals surface area (Å²) < 4.78 is 13.7. The van der Waals surface area contributed by atoms with Crippen molar-refractivity contribution in [1.82, 2.24) is 5.32 Å². The second-order valence-electron chi connectivity index (χ2n) is 4.39. The van der Waals surface area contributed by atoms with Gasteiger partial charge in [0.05, 0.1) is 6.54 Å². The van der Waals surface area contributed by atoms with Gasteiger partial charge in [0.25, 0.3) is 0 Å². The smallest absolute Gasteiger partial charge is 0.189 e. The van der Waals surface area contributed by atoms with E-state index < -0.39 is 0 Å². The molecule has 2 rings (SSSR count). The molecule has 0 atom stereocenters. The second-order valence-corrected chi connectivity index (χ2v) is 5.24. The molecule has 1 aromatic carbocycles. The van der Waals surface area contributed by atoms with Gasteiger partial charge in [0.15, 0.2) is 5.96 Å². The molecule has 3 N–H and O–H groups in total. The maximum atomic E-state index is 13.7. The van der Waals surface area contributed by atoms with Gasteiger partial charge in [-0.1, -0.05) is 6.07 Å². The van der Waals surface area contributed by atoms with Crippen molar-refractivity contribution in [3.63, 3.8) is 0 Å². The third-order valence-corrected chi connectivity index (χ3v) is 3.98. The molecule has 5 heteroatoms. The molecular formula is C13H18FN3S. The van der Waals surface area contributed by atoms with E-state index >= 15 is 0 Å². The molecule has 0 aromatic heterocycles. The van der Waals surface area contributed by atoms with E-state index in [4.69, 9.17) is 5.73 Å². The van der Waals surface area contributed by atoms with Crippen LogP contribution in [-0.4, -0.2) is 18.3 Å². The number of thioether (sulfide) groups is 1. The molecule has 0 unspecified atom stereocenters. The lowest BCUT2D eigenvalue weighted by atomic mass is 9.93. The maximum Gasteiger partial charge on any atom is 0.189 e. The van der Waals surface area contributed by atoms with Crippen molar-refractivity contribution >= 4 is 17.7 Å². The molecule has 3 nitrogen and oxygen atoms in total. The van der Waals surface area contributed by atoms with Gasteiger partial charge >= 0.3 is 0 Å². The van der Waals surface area contributed by atoms with Crippen molar-refractivity contribution in [1.29, 1.82) is 0 Å². The summed E-state index contributed by atoms with van der Waals surface area (Å²) in [5.74, 6) is 0.192. The Kier molecular flexibility index (Phi) is 4.47. The fraction of sp³-hybridized carbons (Fsp3) is 0.462. The summed E-state index contributed by atoms with van der Waals surface area (Å²) in [5.41, 5.74) is 6.40. The van der Waals surface area contributed by atoms with Gasteiger partial charge in [-0.05, 0) is 37.7 Å². The molecule has 0 spiro atoms. The van der Waals surface area contributed by atoms with Crippen LogP contribution in [0.5, 0.6) is 0 Å². The van der Waals surface area contributed by atoms with Crippen LogP contribution in [0.25, 0.3) is 0 Å². The predicted octanol–water partition coefficient (Wildman–Crippen LogP) is 2.50. The number of nitrogens with one attached hydrogen (secondary N) is 1. The van der Waals surface area contributed by atoms with Crippen molar-refractivity contribution < 1.29 is 4.39 Å². The number of aliphatic imine (C=N–C) groups is 1. The molecule has 1 saturated carbocycles. The molecular weight excluding hydrogens is 249 g/mol. The van der Waals surface area contributed by atoms with E-state index in [9.17, 15) is 4.39 Å². The monoisotopic (exact) mass is 267 g/mol. The Hall–Kier alpha value is -1.23. The lowest BCUT2D eigenvalue weighted by Crippen LogP contribution is -2.43. The highest BCUT2D eigenvalue weighted by atomic mass is 32.2. The standard InChI is InChI=1S/C13H18FN3S/c1-18-12-7-3-6-11(14)10(12)8-16-13(15)17-9-4-2-5-9/h3,6-7,9H,2,4-5,8H2,1H3,(H3,15,16,17). The number of guanidine groups is 1. The minimum Gasteiger partial charge on any atom is -0.370 e. The van der Waals surface area contributed by atoms with Gasteiger partial charge in [-0.2, -0.15) is 0 Å². The Bertz CT molecular complexity index is 444. The van der Waals surface area contributed by atoms with Crippen molar-refractivity contribution in [2.24, 2.45) is 10.7 Å². The van der Waals surface area contributed by atoms with Crippen molar-refractivity contribution in [2.75, 3.05) is 6.26 Å². The average Bonchev–Trinajstić information content (AvgIpc) is 2.32. The SMILES string of the molecule is CSc1cccc(F)c1CN=C(N)NC1CCC1. The summed E-state index contributed by atoms with van der Waals surface area (Å²) >= 11 is 1.52. The predicted molar refractivity (Wildman–Crippen MR) is 74.3 cm³/mol. The molecule has 0 heterocycles. The van der Waals surface area contributed by atoms with E-state index in [-0.39, 0.29) is 12.4 Å². The normalized spacial score (nSPS) is 16.4. The van der Waals surface area contributed by atoms with E-state index in [0.717, 1.165) is 17.7 Å². The molecule has 0 bridgehead atoms. The van der Waals surface area contributed by atoms with Crippen molar-refractivity contribution in [3.8, 4) is 0 Å². The third kappa shape index (κ3) is 3.16. The van der Waals surface area contributed by atoms with Crippen molar-refractivity contribution in [2.45, 2.75) is 36.7 Å². The van der Waals surface area contributed by atoms with E-state index in [0.29, 0.717) is 17.6 Å². The molecule has 18 heavy (non-hydrogen) atoms. The molecule has 0 aliphatic heterocycles. The van der Waals surface area contributed by atoms with Crippen LogP contribution in [-0.2, 0) is 6.54 Å². The summed E-state index contributed by atoms with van der Waals surface area (Å²) in [7, 11) is 0. The Labute approximate surface area is 111 Å². The van der Waals surface area contributed by atoms with Crippen LogP contribution in [0.3, 0.4) is 0 Å². The van der Waals surface area contributed by atoms with Gasteiger partial charge in [-0.3, -0.25) is 0 Å². The first-order chi connectivity index (χ1) is 8.70. The Morgan fingerprint density at radius 1 is 1.56 bits per heavy atom. The van der Waals surface area contributed by atoms with Gasteiger partial charge in [-0.25, -0.2) is 9.38 Å². The quantitative estimate of drug-likeness (QED) is 0.500. The highest BCUT2D eigenvalue weighted by Crippen LogP contribution is 2.23. The molecule has 0 saturated heterocycles. The first-order valence-corrected chi connectivity index (χ1v) is 7.31. The highest BCUT2D eigenvalue weighted by molar-refractivity contribution is 7.98. The van der Waals surface area contributed by atoms with Crippen LogP contribution in [0.15, 0.2) is 28.1 Å². The number of hydrogen-bond donors (Lipinski definition) is 2. The lowest BCUT2D eigenvalue weighted by Gasteiger charge is -2.26. The minimum absolute atomic E-state index is 0.220. The molecule has 1 aromatic rings. The van der Waals surface area contributed by atoms with Crippen LogP contribution in [0, 0.1) is 5.82 Å². The second kappa shape index (κ2) is 6.09. The molecule has 1 fully saturated rings. The number of benzene rings is 1. The van der Waals surface area contributed by atoms with E-state index in [1.807, 2.05) is 12.3 Å². The van der Waals surface area contributed by atoms with E-state index in [2.05, 4.69) is 10.3 Å². The van der Waals surface area contributed by atoms with Crippen LogP contribution < -0.4 is 11.1 Å². The first-order valence-electron chi connectivity index (χ1n) is 6.08. The summed E-state index contributed by atoms with van der Waals surface area (Å²) in [6.07, 6.45) is 5.46. The zero-order valence-electron chi connectivity index (χ0n) is 10.4. The highest BCUT2D eigenvalue weighted by Gasteiger charge is 2.17. The Morgan fingerprint density at radius 3 is 2.94 bits per heavy atom. The molecule has 1 aliphatic carbocycles. The fourth-order valence-corrected chi connectivity index (χ4v) is 2.48. The number of nitrogens with two attached hydrogens (primary N) is 1. The van der Waals surface area contributed by atoms with E-state index in [1.54, 1.807) is 6.07 Å². The van der Waals surface area contributed by atoms with Gasteiger partial charge < -0.3 is 11.1 Å². The zero-order chi connectivity index (χ0) is 13.0. The number of halogens is 1. The van der Waals surface area contributed by atoms with Gasteiger partial charge in [0.2, 0.25) is 0 Å². The largest absolute Gasteiger partial charge is 0.370 e. The first kappa shape index (κ1) is 13.2. The van der Waals surface area contributed by atoms with Gasteiger partial charge in [0.1, 0.15) is 5.82 Å². The maximum absolute atomic E-state index is 13.7. The molecule has 1 aliphatic rings. The number of nitrogens with zero attached hydrogens (tertiary/aromatic N) is 1. The van der Waals surface area contributed by atoms with Crippen molar-refractivity contribution in [3.05, 3.63) is 29.6 Å². The number of hydrogen-bond acceptors (Lipinski definition) is 2. The van der Waals surface area contributed by atoms with E-state index in [1.165, 1.54) is 24.2 Å². The zero-order valence-corrected chi connectivity index (χ0v) is 11.3. The van der Waals surface area contributed by atoms with Crippen LogP contribution in [0.2, 0.25) is 0 Å². The molecule has 0 radical (unpaired) electrons. The van der Waals surface area contributed by atoms with Crippen LogP contribution >= 0.6 is 11.8 Å². The summed E-state index contributed by atoms with van der Waals surface area (Å²) in [6, 6.07) is 5.52. The Balaban J connectivity index is 2.01. The minimum atomic E-state index is -0.220. The number of rotatable bonds is 4. The molecule has 98 valence electrons. The fourth-order valence-electron chi connectivity index (χ4n) is 1.86. The van der Waals surface area contributed by atoms with Crippen LogP contribution in [0.4, 0.5) is 4.39 Å². The average molecular weight is 267 g/mol. The lowest BCUT2D eigenvalue weighted by molar-refractivity contribution is 0.382. The third-order valence-electron chi connectivity index (χ3n) is 3.16. The Morgan fingerprint density at radius 2 is 2.33 bits per heavy atom. The summed E-state index contributed by atoms with van der Waals surface area (Å²) in [5, 5.41) is 3.14. The summed E-state index contributed by atoms with van der Waals surface area (Å²) in [6.45, 7) is 0.286. The topological polar surface area (TPSA) is 50.4 Å².